The lowest BCUT2D eigenvalue weighted by Gasteiger charge is -2.25. The zero-order valence-corrected chi connectivity index (χ0v) is 17.9. The number of nitrogens with one attached hydrogen (secondary N) is 3. The Morgan fingerprint density at radius 3 is 2.03 bits per heavy atom. The predicted molar refractivity (Wildman–Crippen MR) is 108 cm³/mol. The molecule has 4 atom stereocenters. The second kappa shape index (κ2) is 13.5. The average molecular weight is 431 g/mol. The maximum Gasteiger partial charge on any atom is 0.326 e. The first-order valence-electron chi connectivity index (χ1n) is 9.96. The van der Waals surface area contributed by atoms with Crippen LogP contribution in [0.2, 0.25) is 0 Å². The van der Waals surface area contributed by atoms with Crippen LogP contribution in [-0.2, 0) is 24.0 Å². The Labute approximate surface area is 176 Å². The minimum atomic E-state index is -1.38. The first kappa shape index (κ1) is 27.3. The second-order valence-electron chi connectivity index (χ2n) is 7.72. The van der Waals surface area contributed by atoms with E-state index in [-0.39, 0.29) is 18.3 Å². The van der Waals surface area contributed by atoms with Crippen LogP contribution in [0.3, 0.4) is 0 Å². The van der Waals surface area contributed by atoms with Gasteiger partial charge in [-0.1, -0.05) is 34.1 Å². The van der Waals surface area contributed by atoms with Gasteiger partial charge in [0, 0.05) is 6.42 Å². The number of carbonyl (C=O) groups excluding carboxylic acids is 3. The predicted octanol–water partition coefficient (Wildman–Crippen LogP) is -0.559. The van der Waals surface area contributed by atoms with Crippen molar-refractivity contribution in [2.75, 3.05) is 6.54 Å². The summed E-state index contributed by atoms with van der Waals surface area (Å²) < 4.78 is 0. The van der Waals surface area contributed by atoms with E-state index in [9.17, 15) is 24.0 Å². The standard InChI is InChI=1S/C19H34N4O7/c1-5-11(4)16(23-17(27)12(20)8-10(2)3)18(28)21-9-14(24)22-13(19(29)30)6-7-15(25)26/h10-13,16H,5-9,20H2,1-4H3,(H,21,28)(H,22,24)(H,23,27)(H,25,26)(H,29,30). The molecule has 0 aromatic heterocycles. The SMILES string of the molecule is CCC(C)C(NC(=O)C(N)CC(C)C)C(=O)NCC(=O)NC(CCC(=O)O)C(=O)O. The molecule has 0 bridgehead atoms. The first-order valence-corrected chi connectivity index (χ1v) is 9.96. The number of amides is 3. The molecule has 11 nitrogen and oxygen atoms in total. The topological polar surface area (TPSA) is 188 Å². The summed E-state index contributed by atoms with van der Waals surface area (Å²) in [4.78, 5) is 58.5. The van der Waals surface area contributed by atoms with E-state index < -0.39 is 60.8 Å². The zero-order valence-electron chi connectivity index (χ0n) is 17.9. The quantitative estimate of drug-likeness (QED) is 0.211. The number of aliphatic carboxylic acids is 2. The summed E-state index contributed by atoms with van der Waals surface area (Å²) in [5.74, 6) is -4.44. The Morgan fingerprint density at radius 1 is 0.967 bits per heavy atom. The molecule has 4 unspecified atom stereocenters. The van der Waals surface area contributed by atoms with Gasteiger partial charge in [0.2, 0.25) is 17.7 Å². The minimum Gasteiger partial charge on any atom is -0.481 e. The van der Waals surface area contributed by atoms with Crippen molar-refractivity contribution in [2.24, 2.45) is 17.6 Å². The number of carboxylic acids is 2. The van der Waals surface area contributed by atoms with E-state index in [0.29, 0.717) is 12.8 Å². The molecule has 0 rings (SSSR count). The van der Waals surface area contributed by atoms with Gasteiger partial charge in [0.1, 0.15) is 12.1 Å². The van der Waals surface area contributed by atoms with E-state index >= 15 is 0 Å². The molecule has 0 aliphatic carbocycles. The summed E-state index contributed by atoms with van der Waals surface area (Å²) in [7, 11) is 0. The van der Waals surface area contributed by atoms with Gasteiger partial charge in [-0.15, -0.1) is 0 Å². The molecule has 0 fully saturated rings. The van der Waals surface area contributed by atoms with Gasteiger partial charge < -0.3 is 31.9 Å². The molecule has 0 saturated carbocycles. The monoisotopic (exact) mass is 430 g/mol. The summed E-state index contributed by atoms with van der Waals surface area (Å²) in [6, 6.07) is -3.06. The minimum absolute atomic E-state index is 0.202. The van der Waals surface area contributed by atoms with Crippen LogP contribution in [0.25, 0.3) is 0 Å². The number of rotatable bonds is 14. The van der Waals surface area contributed by atoms with E-state index in [0.717, 1.165) is 0 Å². The van der Waals surface area contributed by atoms with Gasteiger partial charge in [-0.25, -0.2) is 4.79 Å². The fourth-order valence-corrected chi connectivity index (χ4v) is 2.63. The first-order chi connectivity index (χ1) is 13.9. The highest BCUT2D eigenvalue weighted by Gasteiger charge is 2.29. The summed E-state index contributed by atoms with van der Waals surface area (Å²) >= 11 is 0. The average Bonchev–Trinajstić information content (AvgIpc) is 2.65. The van der Waals surface area contributed by atoms with Crippen LogP contribution in [0.4, 0.5) is 0 Å². The maximum atomic E-state index is 12.5. The molecule has 0 aliphatic heterocycles. The van der Waals surface area contributed by atoms with Crippen LogP contribution in [0.15, 0.2) is 0 Å². The zero-order chi connectivity index (χ0) is 23.4. The van der Waals surface area contributed by atoms with E-state index in [4.69, 9.17) is 15.9 Å². The van der Waals surface area contributed by atoms with Crippen LogP contribution >= 0.6 is 0 Å². The fraction of sp³-hybridized carbons (Fsp3) is 0.737. The molecule has 0 aromatic carbocycles. The smallest absolute Gasteiger partial charge is 0.326 e. The Bertz CT molecular complexity index is 624. The molecule has 0 spiro atoms. The van der Waals surface area contributed by atoms with Crippen molar-refractivity contribution in [3.8, 4) is 0 Å². The highest BCUT2D eigenvalue weighted by molar-refractivity contribution is 5.92. The maximum absolute atomic E-state index is 12.5. The number of hydrogen-bond donors (Lipinski definition) is 6. The molecule has 0 saturated heterocycles. The Balaban J connectivity index is 4.88. The number of carbonyl (C=O) groups is 5. The van der Waals surface area contributed by atoms with Gasteiger partial charge in [-0.05, 0) is 24.7 Å². The van der Waals surface area contributed by atoms with Crippen LogP contribution in [0, 0.1) is 11.8 Å². The third-order valence-corrected chi connectivity index (χ3v) is 4.56. The fourth-order valence-electron chi connectivity index (χ4n) is 2.63. The molecule has 7 N–H and O–H groups in total. The van der Waals surface area contributed by atoms with Crippen molar-refractivity contribution < 1.29 is 34.2 Å². The molecular weight excluding hydrogens is 396 g/mol. The van der Waals surface area contributed by atoms with Crippen molar-refractivity contribution in [3.05, 3.63) is 0 Å². The molecule has 0 heterocycles. The molecule has 0 aromatic rings. The van der Waals surface area contributed by atoms with Gasteiger partial charge >= 0.3 is 11.9 Å². The molecule has 11 heteroatoms. The van der Waals surface area contributed by atoms with Gasteiger partial charge in [-0.3, -0.25) is 19.2 Å². The second-order valence-corrected chi connectivity index (χ2v) is 7.72. The van der Waals surface area contributed by atoms with E-state index in [1.165, 1.54) is 0 Å². The summed E-state index contributed by atoms with van der Waals surface area (Å²) in [5.41, 5.74) is 5.86. The lowest BCUT2D eigenvalue weighted by Crippen LogP contribution is -2.55. The third-order valence-electron chi connectivity index (χ3n) is 4.56. The lowest BCUT2D eigenvalue weighted by molar-refractivity contribution is -0.143. The Kier molecular flexibility index (Phi) is 12.3. The lowest BCUT2D eigenvalue weighted by atomic mass is 9.97. The van der Waals surface area contributed by atoms with Crippen LogP contribution in [-0.4, -0.2) is 64.5 Å². The van der Waals surface area contributed by atoms with Gasteiger partial charge in [-0.2, -0.15) is 0 Å². The number of hydrogen-bond acceptors (Lipinski definition) is 6. The molecule has 172 valence electrons. The molecule has 0 aliphatic rings. The van der Waals surface area contributed by atoms with E-state index in [1.807, 2.05) is 20.8 Å². The third kappa shape index (κ3) is 10.7. The van der Waals surface area contributed by atoms with Crippen molar-refractivity contribution in [3.63, 3.8) is 0 Å². The van der Waals surface area contributed by atoms with Crippen LogP contribution in [0.1, 0.15) is 53.4 Å². The van der Waals surface area contributed by atoms with Crippen molar-refractivity contribution in [2.45, 2.75) is 71.5 Å². The van der Waals surface area contributed by atoms with Gasteiger partial charge in [0.15, 0.2) is 0 Å². The van der Waals surface area contributed by atoms with E-state index in [1.54, 1.807) is 6.92 Å². The number of nitrogens with two attached hydrogens (primary N) is 1. The van der Waals surface area contributed by atoms with Crippen molar-refractivity contribution in [1.29, 1.82) is 0 Å². The van der Waals surface area contributed by atoms with Gasteiger partial charge in [0.25, 0.3) is 0 Å². The number of carboxylic acid groups (broad SMARTS) is 2. The van der Waals surface area contributed by atoms with Crippen molar-refractivity contribution in [1.82, 2.24) is 16.0 Å². The molecule has 0 radical (unpaired) electrons. The van der Waals surface area contributed by atoms with Crippen LogP contribution < -0.4 is 21.7 Å². The summed E-state index contributed by atoms with van der Waals surface area (Å²) in [5, 5.41) is 24.9. The van der Waals surface area contributed by atoms with Gasteiger partial charge in [0.05, 0.1) is 12.6 Å². The molecule has 3 amide bonds. The largest absolute Gasteiger partial charge is 0.481 e. The summed E-state index contributed by atoms with van der Waals surface area (Å²) in [6.45, 7) is 6.94. The highest BCUT2D eigenvalue weighted by atomic mass is 16.4. The normalized spacial score (nSPS) is 14.9. The van der Waals surface area contributed by atoms with Crippen molar-refractivity contribution >= 4 is 29.7 Å². The van der Waals surface area contributed by atoms with E-state index in [2.05, 4.69) is 16.0 Å². The molecular formula is C19H34N4O7. The Morgan fingerprint density at radius 2 is 1.57 bits per heavy atom. The molecule has 30 heavy (non-hydrogen) atoms. The highest BCUT2D eigenvalue weighted by Crippen LogP contribution is 2.10. The Hall–Kier alpha value is -2.69. The van der Waals surface area contributed by atoms with Crippen LogP contribution in [0.5, 0.6) is 0 Å². The summed E-state index contributed by atoms with van der Waals surface area (Å²) in [6.07, 6.45) is 0.322.